The highest BCUT2D eigenvalue weighted by Gasteiger charge is 2.17. The molecule has 30 heavy (non-hydrogen) atoms. The molecule has 0 spiro atoms. The van der Waals surface area contributed by atoms with Crippen LogP contribution in [0.3, 0.4) is 0 Å². The summed E-state index contributed by atoms with van der Waals surface area (Å²) in [5.41, 5.74) is 5.03. The van der Waals surface area contributed by atoms with Crippen LogP contribution in [0, 0.1) is 0 Å². The van der Waals surface area contributed by atoms with E-state index in [2.05, 4.69) is 71.2 Å². The van der Waals surface area contributed by atoms with E-state index in [9.17, 15) is 9.59 Å². The Balaban J connectivity index is 1.97. The van der Waals surface area contributed by atoms with Crippen molar-refractivity contribution in [3.05, 3.63) is 64.7 Å². The zero-order valence-electron chi connectivity index (χ0n) is 19.4. The summed E-state index contributed by atoms with van der Waals surface area (Å²) in [4.78, 5) is 25.0. The Hall–Kier alpha value is -2.62. The summed E-state index contributed by atoms with van der Waals surface area (Å²) in [5.74, 6) is 0.381. The number of nitrogens with one attached hydrogen (secondary N) is 2. The van der Waals surface area contributed by atoms with Gasteiger partial charge in [-0.3, -0.25) is 9.59 Å². The summed E-state index contributed by atoms with van der Waals surface area (Å²) < 4.78 is 0. The molecule has 2 aromatic carbocycles. The van der Waals surface area contributed by atoms with E-state index in [0.717, 1.165) is 16.8 Å². The molecule has 4 nitrogen and oxygen atoms in total. The molecule has 0 unspecified atom stereocenters. The van der Waals surface area contributed by atoms with Gasteiger partial charge in [-0.25, -0.2) is 0 Å². The first-order valence-corrected chi connectivity index (χ1v) is 10.8. The first-order chi connectivity index (χ1) is 14.0. The Morgan fingerprint density at radius 2 is 1.40 bits per heavy atom. The molecular formula is C26H36N2O2. The van der Waals surface area contributed by atoms with Crippen molar-refractivity contribution >= 4 is 17.5 Å². The van der Waals surface area contributed by atoms with Gasteiger partial charge in [0.05, 0.1) is 0 Å². The topological polar surface area (TPSA) is 58.2 Å². The fourth-order valence-corrected chi connectivity index (χ4v) is 3.41. The summed E-state index contributed by atoms with van der Waals surface area (Å²) in [5, 5.41) is 5.94. The SMILES string of the molecule is CC(C)c1cccc(C(C)C)c1NC(=O)CCNC(=O)c1ccc(C(C)(C)C)cc1. The molecule has 0 saturated carbocycles. The first-order valence-electron chi connectivity index (χ1n) is 10.8. The van der Waals surface area contributed by atoms with E-state index < -0.39 is 0 Å². The van der Waals surface area contributed by atoms with Crippen LogP contribution in [0.4, 0.5) is 5.69 Å². The van der Waals surface area contributed by atoms with Crippen LogP contribution in [-0.2, 0) is 10.2 Å². The Morgan fingerprint density at radius 1 is 0.867 bits per heavy atom. The zero-order chi connectivity index (χ0) is 22.5. The summed E-state index contributed by atoms with van der Waals surface area (Å²) >= 11 is 0. The average molecular weight is 409 g/mol. The highest BCUT2D eigenvalue weighted by atomic mass is 16.2. The Labute approximate surface area is 181 Å². The third kappa shape index (κ3) is 6.19. The van der Waals surface area contributed by atoms with Gasteiger partial charge in [-0.1, -0.05) is 78.8 Å². The molecule has 0 radical (unpaired) electrons. The molecule has 0 fully saturated rings. The Morgan fingerprint density at radius 3 is 1.87 bits per heavy atom. The fourth-order valence-electron chi connectivity index (χ4n) is 3.41. The van der Waals surface area contributed by atoms with Crippen LogP contribution in [0.15, 0.2) is 42.5 Å². The fraction of sp³-hybridized carbons (Fsp3) is 0.462. The van der Waals surface area contributed by atoms with E-state index in [1.165, 1.54) is 5.56 Å². The minimum absolute atomic E-state index is 0.0498. The molecule has 2 rings (SSSR count). The average Bonchev–Trinajstić information content (AvgIpc) is 2.67. The van der Waals surface area contributed by atoms with Crippen molar-refractivity contribution in [2.75, 3.05) is 11.9 Å². The number of benzene rings is 2. The van der Waals surface area contributed by atoms with E-state index in [1.807, 2.05) is 30.3 Å². The molecule has 0 saturated heterocycles. The largest absolute Gasteiger partial charge is 0.352 e. The number of anilines is 1. The summed E-state index contributed by atoms with van der Waals surface area (Å²) in [7, 11) is 0. The van der Waals surface area contributed by atoms with Crippen molar-refractivity contribution in [3.8, 4) is 0 Å². The number of para-hydroxylation sites is 1. The molecule has 2 amide bonds. The second-order valence-corrected chi connectivity index (χ2v) is 9.50. The third-order valence-electron chi connectivity index (χ3n) is 5.29. The van der Waals surface area contributed by atoms with Crippen LogP contribution in [0.1, 0.15) is 93.8 Å². The minimum Gasteiger partial charge on any atom is -0.352 e. The van der Waals surface area contributed by atoms with Crippen molar-refractivity contribution < 1.29 is 9.59 Å². The smallest absolute Gasteiger partial charge is 0.251 e. The number of amides is 2. The van der Waals surface area contributed by atoms with E-state index in [1.54, 1.807) is 0 Å². The van der Waals surface area contributed by atoms with Gasteiger partial charge in [-0.05, 0) is 46.1 Å². The van der Waals surface area contributed by atoms with Crippen molar-refractivity contribution in [2.24, 2.45) is 0 Å². The van der Waals surface area contributed by atoms with Crippen molar-refractivity contribution in [3.63, 3.8) is 0 Å². The molecule has 4 heteroatoms. The molecule has 0 aliphatic carbocycles. The maximum absolute atomic E-state index is 12.6. The second kappa shape index (κ2) is 9.92. The molecule has 0 atom stereocenters. The molecule has 2 aromatic rings. The van der Waals surface area contributed by atoms with Gasteiger partial charge in [0.1, 0.15) is 0 Å². The number of carbonyl (C=O) groups excluding carboxylic acids is 2. The third-order valence-corrected chi connectivity index (χ3v) is 5.29. The van der Waals surface area contributed by atoms with Crippen LogP contribution in [0.2, 0.25) is 0 Å². The quantitative estimate of drug-likeness (QED) is 0.591. The Kier molecular flexibility index (Phi) is 7.83. The van der Waals surface area contributed by atoms with Gasteiger partial charge in [0.25, 0.3) is 5.91 Å². The standard InChI is InChI=1S/C26H36N2O2/c1-17(2)21-9-8-10-22(18(3)4)24(21)28-23(29)15-16-27-25(30)19-11-13-20(14-12-19)26(5,6)7/h8-14,17-18H,15-16H2,1-7H3,(H,27,30)(H,28,29). The van der Waals surface area contributed by atoms with Gasteiger partial charge in [0.2, 0.25) is 5.91 Å². The predicted octanol–water partition coefficient (Wildman–Crippen LogP) is 5.99. The number of hydrogen-bond acceptors (Lipinski definition) is 2. The van der Waals surface area contributed by atoms with Crippen molar-refractivity contribution in [1.29, 1.82) is 0 Å². The molecule has 0 aliphatic heterocycles. The highest BCUT2D eigenvalue weighted by molar-refractivity contribution is 5.95. The van der Waals surface area contributed by atoms with Crippen molar-refractivity contribution in [2.45, 2.75) is 72.1 Å². The Bertz CT molecular complexity index is 849. The van der Waals surface area contributed by atoms with Gasteiger partial charge in [0, 0.05) is 24.2 Å². The van der Waals surface area contributed by atoms with Gasteiger partial charge in [-0.2, -0.15) is 0 Å². The maximum Gasteiger partial charge on any atom is 0.251 e. The minimum atomic E-state index is -0.159. The van der Waals surface area contributed by atoms with Crippen LogP contribution >= 0.6 is 0 Å². The van der Waals surface area contributed by atoms with Gasteiger partial charge in [0.15, 0.2) is 0 Å². The van der Waals surface area contributed by atoms with Crippen LogP contribution < -0.4 is 10.6 Å². The van der Waals surface area contributed by atoms with E-state index in [4.69, 9.17) is 0 Å². The summed E-state index contributed by atoms with van der Waals surface area (Å²) in [6.07, 6.45) is 0.232. The van der Waals surface area contributed by atoms with Gasteiger partial charge in [-0.15, -0.1) is 0 Å². The van der Waals surface area contributed by atoms with E-state index in [-0.39, 0.29) is 23.7 Å². The number of carbonyl (C=O) groups is 2. The predicted molar refractivity (Wildman–Crippen MR) is 125 cm³/mol. The van der Waals surface area contributed by atoms with Crippen LogP contribution in [0.25, 0.3) is 0 Å². The van der Waals surface area contributed by atoms with E-state index in [0.29, 0.717) is 23.9 Å². The van der Waals surface area contributed by atoms with E-state index >= 15 is 0 Å². The van der Waals surface area contributed by atoms with Gasteiger partial charge >= 0.3 is 0 Å². The van der Waals surface area contributed by atoms with Crippen molar-refractivity contribution in [1.82, 2.24) is 5.32 Å². The molecule has 0 heterocycles. The summed E-state index contributed by atoms with van der Waals surface area (Å²) in [6, 6.07) is 13.8. The zero-order valence-corrected chi connectivity index (χ0v) is 19.4. The molecule has 2 N–H and O–H groups in total. The molecule has 162 valence electrons. The normalized spacial score (nSPS) is 11.6. The first kappa shape index (κ1) is 23.7. The lowest BCUT2D eigenvalue weighted by molar-refractivity contribution is -0.116. The maximum atomic E-state index is 12.6. The monoisotopic (exact) mass is 408 g/mol. The van der Waals surface area contributed by atoms with Gasteiger partial charge < -0.3 is 10.6 Å². The van der Waals surface area contributed by atoms with Crippen LogP contribution in [-0.4, -0.2) is 18.4 Å². The second-order valence-electron chi connectivity index (χ2n) is 9.50. The lowest BCUT2D eigenvalue weighted by Gasteiger charge is -2.20. The highest BCUT2D eigenvalue weighted by Crippen LogP contribution is 2.32. The molecule has 0 aliphatic rings. The summed E-state index contributed by atoms with van der Waals surface area (Å²) in [6.45, 7) is 15.2. The molecule has 0 aromatic heterocycles. The number of rotatable bonds is 7. The van der Waals surface area contributed by atoms with Crippen LogP contribution in [0.5, 0.6) is 0 Å². The number of hydrogen-bond donors (Lipinski definition) is 2. The molecule has 0 bridgehead atoms. The molecular weight excluding hydrogens is 372 g/mol. The lowest BCUT2D eigenvalue weighted by Crippen LogP contribution is -2.28. The lowest BCUT2D eigenvalue weighted by atomic mass is 9.87.